The maximum Gasteiger partial charge on any atom is 0.202 e. The van der Waals surface area contributed by atoms with E-state index < -0.39 is 0 Å². The largest absolute Gasteiger partial charge is 0.494 e. The van der Waals surface area contributed by atoms with Gasteiger partial charge in [0.1, 0.15) is 5.75 Å². The number of aromatic amines is 1. The summed E-state index contributed by atoms with van der Waals surface area (Å²) >= 11 is 2.02. The minimum absolute atomic E-state index is 0.0471. The van der Waals surface area contributed by atoms with Crippen LogP contribution in [0.3, 0.4) is 0 Å². The molecule has 0 unspecified atom stereocenters. The number of rotatable bonds is 2. The number of halogens is 1. The highest BCUT2D eigenvalue weighted by molar-refractivity contribution is 14.1. The van der Waals surface area contributed by atoms with E-state index in [4.69, 9.17) is 4.74 Å². The van der Waals surface area contributed by atoms with Crippen molar-refractivity contribution in [3.05, 3.63) is 38.2 Å². The number of hydrogen-bond acceptors (Lipinski definition) is 2. The molecule has 1 aromatic heterocycles. The molecule has 0 aliphatic rings. The summed E-state index contributed by atoms with van der Waals surface area (Å²) in [6.45, 7) is 2.52. The van der Waals surface area contributed by atoms with Gasteiger partial charge >= 0.3 is 0 Å². The van der Waals surface area contributed by atoms with Crippen LogP contribution < -0.4 is 10.2 Å². The third-order valence-electron chi connectivity index (χ3n) is 2.12. The van der Waals surface area contributed by atoms with E-state index in [9.17, 15) is 4.79 Å². The number of aromatic nitrogens is 1. The normalized spacial score (nSPS) is 10.5. The summed E-state index contributed by atoms with van der Waals surface area (Å²) in [4.78, 5) is 14.9. The molecular weight excluding hydrogens is 305 g/mol. The molecule has 3 nitrogen and oxygen atoms in total. The molecule has 15 heavy (non-hydrogen) atoms. The lowest BCUT2D eigenvalue weighted by Crippen LogP contribution is -2.06. The van der Waals surface area contributed by atoms with Crippen molar-refractivity contribution in [3.8, 4) is 5.75 Å². The van der Waals surface area contributed by atoms with Crippen LogP contribution in [0.15, 0.2) is 29.2 Å². The Morgan fingerprint density at radius 1 is 1.47 bits per heavy atom. The van der Waals surface area contributed by atoms with Crippen LogP contribution >= 0.6 is 22.6 Å². The van der Waals surface area contributed by atoms with Crippen LogP contribution in [0.25, 0.3) is 10.9 Å². The van der Waals surface area contributed by atoms with E-state index in [0.29, 0.717) is 15.6 Å². The Morgan fingerprint density at radius 3 is 3.00 bits per heavy atom. The minimum atomic E-state index is 0.0471. The highest BCUT2D eigenvalue weighted by Crippen LogP contribution is 2.17. The van der Waals surface area contributed by atoms with Crippen molar-refractivity contribution >= 4 is 33.5 Å². The Morgan fingerprint density at radius 2 is 2.27 bits per heavy atom. The van der Waals surface area contributed by atoms with Gasteiger partial charge in [-0.2, -0.15) is 0 Å². The molecule has 4 heteroatoms. The van der Waals surface area contributed by atoms with Crippen LogP contribution in [0.5, 0.6) is 5.75 Å². The molecule has 1 heterocycles. The van der Waals surface area contributed by atoms with Gasteiger partial charge in [0.25, 0.3) is 0 Å². The Hall–Kier alpha value is -1.04. The van der Waals surface area contributed by atoms with Crippen molar-refractivity contribution in [1.29, 1.82) is 0 Å². The smallest absolute Gasteiger partial charge is 0.202 e. The molecule has 2 rings (SSSR count). The van der Waals surface area contributed by atoms with Crippen molar-refractivity contribution < 1.29 is 4.74 Å². The molecule has 0 fully saturated rings. The second-order valence-corrected chi connectivity index (χ2v) is 4.27. The quantitative estimate of drug-likeness (QED) is 0.866. The fourth-order valence-corrected chi connectivity index (χ4v) is 1.88. The summed E-state index contributed by atoms with van der Waals surface area (Å²) in [7, 11) is 0. The maximum absolute atomic E-state index is 11.8. The fraction of sp³-hybridized carbons (Fsp3) is 0.182. The number of hydrogen-bond donors (Lipinski definition) is 1. The molecule has 0 bridgehead atoms. The summed E-state index contributed by atoms with van der Waals surface area (Å²) < 4.78 is 6.04. The SMILES string of the molecule is CCOc1ccc2[nH]cc(I)c(=O)c2c1. The predicted octanol–water partition coefficient (Wildman–Crippen LogP) is 2.53. The Kier molecular flexibility index (Phi) is 2.95. The topological polar surface area (TPSA) is 42.1 Å². The number of H-pyrrole nitrogens is 1. The van der Waals surface area contributed by atoms with E-state index in [0.717, 1.165) is 11.3 Å². The van der Waals surface area contributed by atoms with E-state index in [2.05, 4.69) is 4.98 Å². The van der Waals surface area contributed by atoms with Gasteiger partial charge in [-0.15, -0.1) is 0 Å². The van der Waals surface area contributed by atoms with Gasteiger partial charge in [0.05, 0.1) is 15.6 Å². The van der Waals surface area contributed by atoms with E-state index in [1.807, 2.05) is 41.6 Å². The standard InChI is InChI=1S/C11H10INO2/c1-2-15-7-3-4-10-8(5-7)11(14)9(12)6-13-10/h3-6H,2H2,1H3,(H,13,14). The van der Waals surface area contributed by atoms with Crippen LogP contribution in [0.1, 0.15) is 6.92 Å². The van der Waals surface area contributed by atoms with Crippen LogP contribution in [-0.4, -0.2) is 11.6 Å². The molecule has 0 atom stereocenters. The average molecular weight is 315 g/mol. The number of fused-ring (bicyclic) bond motifs is 1. The lowest BCUT2D eigenvalue weighted by atomic mass is 10.2. The van der Waals surface area contributed by atoms with Gasteiger partial charge in [-0.05, 0) is 47.7 Å². The average Bonchev–Trinajstić information content (AvgIpc) is 2.25. The van der Waals surface area contributed by atoms with E-state index >= 15 is 0 Å². The minimum Gasteiger partial charge on any atom is -0.494 e. The van der Waals surface area contributed by atoms with Crippen LogP contribution in [0.4, 0.5) is 0 Å². The third-order valence-corrected chi connectivity index (χ3v) is 2.92. The summed E-state index contributed by atoms with van der Waals surface area (Å²) in [5.41, 5.74) is 0.884. The second kappa shape index (κ2) is 4.22. The molecule has 2 aromatic rings. The monoisotopic (exact) mass is 315 g/mol. The highest BCUT2D eigenvalue weighted by atomic mass is 127. The molecule has 0 saturated heterocycles. The zero-order valence-corrected chi connectivity index (χ0v) is 10.4. The molecule has 0 aliphatic carbocycles. The second-order valence-electron chi connectivity index (χ2n) is 3.11. The van der Waals surface area contributed by atoms with Crippen LogP contribution in [-0.2, 0) is 0 Å². The first-order valence-corrected chi connectivity index (χ1v) is 5.74. The first-order chi connectivity index (χ1) is 7.22. The molecule has 78 valence electrons. The van der Waals surface area contributed by atoms with Crippen LogP contribution in [0, 0.1) is 3.57 Å². The molecule has 1 N–H and O–H groups in total. The lowest BCUT2D eigenvalue weighted by Gasteiger charge is -2.04. The fourth-order valence-electron chi connectivity index (χ4n) is 1.43. The van der Waals surface area contributed by atoms with E-state index in [1.54, 1.807) is 12.3 Å². The van der Waals surface area contributed by atoms with Gasteiger partial charge in [0.15, 0.2) is 0 Å². The molecule has 0 radical (unpaired) electrons. The predicted molar refractivity (Wildman–Crippen MR) is 68.5 cm³/mol. The zero-order valence-electron chi connectivity index (χ0n) is 8.21. The molecular formula is C11H10INO2. The third kappa shape index (κ3) is 1.99. The Balaban J connectivity index is 2.68. The van der Waals surface area contributed by atoms with Crippen molar-refractivity contribution in [2.75, 3.05) is 6.61 Å². The van der Waals surface area contributed by atoms with E-state index in [1.165, 1.54) is 0 Å². The first-order valence-electron chi connectivity index (χ1n) is 4.66. The first kappa shape index (κ1) is 10.5. The van der Waals surface area contributed by atoms with Gasteiger partial charge in [-0.3, -0.25) is 4.79 Å². The Bertz CT molecular complexity index is 548. The number of ether oxygens (including phenoxy) is 1. The lowest BCUT2D eigenvalue weighted by molar-refractivity contribution is 0.340. The van der Waals surface area contributed by atoms with Gasteiger partial charge in [-0.25, -0.2) is 0 Å². The van der Waals surface area contributed by atoms with Crippen LogP contribution in [0.2, 0.25) is 0 Å². The van der Waals surface area contributed by atoms with Gasteiger partial charge < -0.3 is 9.72 Å². The van der Waals surface area contributed by atoms with Gasteiger partial charge in [-0.1, -0.05) is 0 Å². The van der Waals surface area contributed by atoms with Gasteiger partial charge in [0.2, 0.25) is 5.43 Å². The number of benzene rings is 1. The molecule has 1 aromatic carbocycles. The van der Waals surface area contributed by atoms with Crippen molar-refractivity contribution in [1.82, 2.24) is 4.98 Å². The van der Waals surface area contributed by atoms with Crippen molar-refractivity contribution in [3.63, 3.8) is 0 Å². The molecule has 0 aliphatic heterocycles. The van der Waals surface area contributed by atoms with Gasteiger partial charge in [0, 0.05) is 11.7 Å². The highest BCUT2D eigenvalue weighted by Gasteiger charge is 2.03. The molecule has 0 amide bonds. The summed E-state index contributed by atoms with van der Waals surface area (Å²) in [6.07, 6.45) is 1.71. The molecule has 0 spiro atoms. The van der Waals surface area contributed by atoms with Crippen molar-refractivity contribution in [2.45, 2.75) is 6.92 Å². The summed E-state index contributed by atoms with van der Waals surface area (Å²) in [5, 5.41) is 0.674. The number of pyridine rings is 1. The summed E-state index contributed by atoms with van der Waals surface area (Å²) in [5.74, 6) is 0.734. The maximum atomic E-state index is 11.8. The van der Waals surface area contributed by atoms with Crippen molar-refractivity contribution in [2.24, 2.45) is 0 Å². The Labute approximate surface area is 101 Å². The molecule has 0 saturated carbocycles. The van der Waals surface area contributed by atoms with E-state index in [-0.39, 0.29) is 5.43 Å². The number of nitrogens with one attached hydrogen (secondary N) is 1. The summed E-state index contributed by atoms with van der Waals surface area (Å²) in [6, 6.07) is 5.49. The zero-order chi connectivity index (χ0) is 10.8.